The summed E-state index contributed by atoms with van der Waals surface area (Å²) in [6.45, 7) is 1.86. The number of anilines is 1. The average Bonchev–Trinajstić information content (AvgIpc) is 2.68. The van der Waals surface area contributed by atoms with Gasteiger partial charge in [0.1, 0.15) is 5.69 Å². The maximum Gasteiger partial charge on any atom is 0.271 e. The fourth-order valence-electron chi connectivity index (χ4n) is 1.30. The van der Waals surface area contributed by atoms with Gasteiger partial charge in [0.05, 0.1) is 4.88 Å². The molecule has 4 nitrogen and oxygen atoms in total. The van der Waals surface area contributed by atoms with E-state index in [0.29, 0.717) is 4.88 Å². The van der Waals surface area contributed by atoms with Crippen molar-refractivity contribution in [3.63, 3.8) is 0 Å². The smallest absolute Gasteiger partial charge is 0.271 e. The first-order valence-electron chi connectivity index (χ1n) is 4.71. The molecule has 2 aromatic rings. The molecule has 0 saturated carbocycles. The topological polar surface area (TPSA) is 62.0 Å². The van der Waals surface area contributed by atoms with Crippen LogP contribution >= 0.6 is 11.3 Å². The molecule has 0 spiro atoms. The Labute approximate surface area is 96.0 Å². The zero-order chi connectivity index (χ0) is 11.5. The third-order valence-corrected chi connectivity index (χ3v) is 3.15. The third-order valence-electron chi connectivity index (χ3n) is 2.13. The minimum absolute atomic E-state index is 0.246. The van der Waals surface area contributed by atoms with Gasteiger partial charge in [-0.15, -0.1) is 11.3 Å². The van der Waals surface area contributed by atoms with Gasteiger partial charge >= 0.3 is 0 Å². The Bertz CT molecular complexity index is 571. The first kappa shape index (κ1) is 10.6. The molecule has 0 aromatic carbocycles. The van der Waals surface area contributed by atoms with Gasteiger partial charge in [-0.3, -0.25) is 9.59 Å². The molecule has 5 heteroatoms. The number of aryl methyl sites for hydroxylation is 1. The second kappa shape index (κ2) is 4.32. The molecule has 82 valence electrons. The molecule has 0 radical (unpaired) electrons. The summed E-state index contributed by atoms with van der Waals surface area (Å²) in [4.78, 5) is 26.3. The number of thiophene rings is 1. The lowest BCUT2D eigenvalue weighted by Gasteiger charge is -2.02. The molecule has 1 amide bonds. The number of aromatic nitrogens is 1. The Morgan fingerprint density at radius 3 is 2.88 bits per heavy atom. The van der Waals surface area contributed by atoms with Gasteiger partial charge in [-0.2, -0.15) is 0 Å². The number of carbonyl (C=O) groups is 1. The second-order valence-corrected chi connectivity index (χ2v) is 4.22. The molecule has 16 heavy (non-hydrogen) atoms. The number of rotatable bonds is 2. The maximum absolute atomic E-state index is 11.8. The van der Waals surface area contributed by atoms with E-state index in [-0.39, 0.29) is 17.2 Å². The quantitative estimate of drug-likeness (QED) is 0.834. The van der Waals surface area contributed by atoms with E-state index in [9.17, 15) is 9.59 Å². The Morgan fingerprint density at radius 1 is 1.44 bits per heavy atom. The van der Waals surface area contributed by atoms with Gasteiger partial charge in [-0.25, -0.2) is 0 Å². The van der Waals surface area contributed by atoms with E-state index in [0.717, 1.165) is 5.56 Å². The summed E-state index contributed by atoms with van der Waals surface area (Å²) >= 11 is 1.36. The van der Waals surface area contributed by atoms with E-state index in [1.54, 1.807) is 12.1 Å². The summed E-state index contributed by atoms with van der Waals surface area (Å²) in [7, 11) is 0. The summed E-state index contributed by atoms with van der Waals surface area (Å²) in [6.07, 6.45) is 1.52. The first-order chi connectivity index (χ1) is 7.68. The van der Waals surface area contributed by atoms with Crippen molar-refractivity contribution >= 4 is 22.9 Å². The molecule has 0 aliphatic heterocycles. The molecule has 0 unspecified atom stereocenters. The van der Waals surface area contributed by atoms with Gasteiger partial charge in [0, 0.05) is 6.20 Å². The molecular formula is C11H10N2O2S. The largest absolute Gasteiger partial charge is 0.327 e. The minimum atomic E-state index is -0.301. The molecule has 0 bridgehead atoms. The van der Waals surface area contributed by atoms with Crippen molar-refractivity contribution in [2.24, 2.45) is 0 Å². The van der Waals surface area contributed by atoms with E-state index in [1.807, 2.05) is 18.4 Å². The SMILES string of the molecule is Cc1ccsc1C(=O)Nc1ccc[nH]c1=O. The van der Waals surface area contributed by atoms with Crippen LogP contribution in [0.4, 0.5) is 5.69 Å². The fraction of sp³-hybridized carbons (Fsp3) is 0.0909. The summed E-state index contributed by atoms with van der Waals surface area (Å²) in [5.41, 5.74) is 0.875. The summed E-state index contributed by atoms with van der Waals surface area (Å²) in [5, 5.41) is 4.43. The van der Waals surface area contributed by atoms with Crippen LogP contribution in [-0.4, -0.2) is 10.9 Å². The van der Waals surface area contributed by atoms with Gasteiger partial charge in [0.15, 0.2) is 0 Å². The number of aromatic amines is 1. The van der Waals surface area contributed by atoms with Crippen LogP contribution in [0.15, 0.2) is 34.6 Å². The van der Waals surface area contributed by atoms with Crippen LogP contribution in [0.1, 0.15) is 15.2 Å². The normalized spacial score (nSPS) is 10.1. The minimum Gasteiger partial charge on any atom is -0.327 e. The lowest BCUT2D eigenvalue weighted by atomic mass is 10.3. The summed E-state index contributed by atoms with van der Waals surface area (Å²) in [6, 6.07) is 5.10. The standard InChI is InChI=1S/C11H10N2O2S/c1-7-4-6-16-9(7)11(15)13-8-3-2-5-12-10(8)14/h2-6H,1H3,(H,12,14)(H,13,15). The van der Waals surface area contributed by atoms with Gasteiger partial charge in [-0.1, -0.05) is 0 Å². The molecule has 2 heterocycles. The third kappa shape index (κ3) is 2.04. The molecule has 2 rings (SSSR count). The highest BCUT2D eigenvalue weighted by molar-refractivity contribution is 7.12. The lowest BCUT2D eigenvalue weighted by molar-refractivity contribution is 0.103. The van der Waals surface area contributed by atoms with Crippen LogP contribution in [0, 0.1) is 6.92 Å². The Hall–Kier alpha value is -1.88. The predicted molar refractivity (Wildman–Crippen MR) is 64.1 cm³/mol. The Kier molecular flexibility index (Phi) is 2.87. The van der Waals surface area contributed by atoms with E-state index < -0.39 is 0 Å². The van der Waals surface area contributed by atoms with E-state index >= 15 is 0 Å². The van der Waals surface area contributed by atoms with E-state index in [1.165, 1.54) is 17.5 Å². The van der Waals surface area contributed by atoms with Crippen LogP contribution in [0.3, 0.4) is 0 Å². The highest BCUT2D eigenvalue weighted by Crippen LogP contribution is 2.16. The predicted octanol–water partition coefficient (Wildman–Crippen LogP) is 2.00. The zero-order valence-electron chi connectivity index (χ0n) is 8.61. The molecular weight excluding hydrogens is 224 g/mol. The van der Waals surface area contributed by atoms with Crippen LogP contribution in [0.2, 0.25) is 0 Å². The number of H-pyrrole nitrogens is 1. The number of hydrogen-bond donors (Lipinski definition) is 2. The number of amides is 1. The molecule has 0 fully saturated rings. The molecule has 0 aliphatic carbocycles. The monoisotopic (exact) mass is 234 g/mol. The second-order valence-electron chi connectivity index (χ2n) is 3.30. The van der Waals surface area contributed by atoms with Crippen molar-refractivity contribution in [3.8, 4) is 0 Å². The highest BCUT2D eigenvalue weighted by Gasteiger charge is 2.11. The fourth-order valence-corrected chi connectivity index (χ4v) is 2.12. The van der Waals surface area contributed by atoms with E-state index in [4.69, 9.17) is 0 Å². The number of nitrogens with one attached hydrogen (secondary N) is 2. The van der Waals surface area contributed by atoms with Crippen LogP contribution in [0.5, 0.6) is 0 Å². The number of hydrogen-bond acceptors (Lipinski definition) is 3. The average molecular weight is 234 g/mol. The van der Waals surface area contributed by atoms with Crippen LogP contribution in [0.25, 0.3) is 0 Å². The number of pyridine rings is 1. The molecule has 2 N–H and O–H groups in total. The zero-order valence-corrected chi connectivity index (χ0v) is 9.43. The Morgan fingerprint density at radius 2 is 2.25 bits per heavy atom. The molecule has 2 aromatic heterocycles. The first-order valence-corrected chi connectivity index (χ1v) is 5.59. The number of carbonyl (C=O) groups excluding carboxylic acids is 1. The van der Waals surface area contributed by atoms with Crippen molar-refractivity contribution < 1.29 is 4.79 Å². The van der Waals surface area contributed by atoms with Gasteiger partial charge in [0.2, 0.25) is 0 Å². The van der Waals surface area contributed by atoms with Gasteiger partial charge in [-0.05, 0) is 36.1 Å². The van der Waals surface area contributed by atoms with Crippen molar-refractivity contribution in [1.82, 2.24) is 4.98 Å². The summed E-state index contributed by atoms with van der Waals surface area (Å²) < 4.78 is 0. The molecule has 0 saturated heterocycles. The van der Waals surface area contributed by atoms with Crippen LogP contribution < -0.4 is 10.9 Å². The van der Waals surface area contributed by atoms with Gasteiger partial charge < -0.3 is 10.3 Å². The maximum atomic E-state index is 11.8. The Balaban J connectivity index is 2.24. The summed E-state index contributed by atoms with van der Waals surface area (Å²) in [5.74, 6) is -0.246. The highest BCUT2D eigenvalue weighted by atomic mass is 32.1. The molecule has 0 aliphatic rings. The lowest BCUT2D eigenvalue weighted by Crippen LogP contribution is -2.18. The van der Waals surface area contributed by atoms with E-state index in [2.05, 4.69) is 10.3 Å². The van der Waals surface area contributed by atoms with Crippen molar-refractivity contribution in [3.05, 3.63) is 50.6 Å². The van der Waals surface area contributed by atoms with Crippen molar-refractivity contribution in [2.75, 3.05) is 5.32 Å². The van der Waals surface area contributed by atoms with Crippen LogP contribution in [-0.2, 0) is 0 Å². The van der Waals surface area contributed by atoms with Gasteiger partial charge in [0.25, 0.3) is 11.5 Å². The van der Waals surface area contributed by atoms with Crippen molar-refractivity contribution in [2.45, 2.75) is 6.92 Å². The van der Waals surface area contributed by atoms with Crippen molar-refractivity contribution in [1.29, 1.82) is 0 Å². The molecule has 0 atom stereocenters.